The van der Waals surface area contributed by atoms with Crippen molar-refractivity contribution in [2.45, 2.75) is 46.4 Å². The molecule has 1 aliphatic heterocycles. The highest BCUT2D eigenvalue weighted by molar-refractivity contribution is 9.10. The first-order chi connectivity index (χ1) is 12.3. The third-order valence-corrected chi connectivity index (χ3v) is 5.52. The number of halogens is 1. The number of carbonyl (C=O) groups excluding carboxylic acids is 1. The van der Waals surface area contributed by atoms with Gasteiger partial charge in [-0.1, -0.05) is 18.2 Å². The third-order valence-electron chi connectivity index (χ3n) is 4.57. The topological polar surface area (TPSA) is 54.7 Å². The average Bonchev–Trinajstić information content (AvgIpc) is 2.81. The van der Waals surface area contributed by atoms with Crippen LogP contribution in [0.1, 0.15) is 41.3 Å². The van der Waals surface area contributed by atoms with Crippen molar-refractivity contribution in [2.75, 3.05) is 18.4 Å². The van der Waals surface area contributed by atoms with Crippen LogP contribution >= 0.6 is 15.9 Å². The zero-order valence-corrected chi connectivity index (χ0v) is 17.2. The van der Waals surface area contributed by atoms with E-state index in [0.717, 1.165) is 30.9 Å². The molecule has 2 aromatic rings. The summed E-state index contributed by atoms with van der Waals surface area (Å²) < 4.78 is 12.1. The van der Waals surface area contributed by atoms with Crippen LogP contribution in [0, 0.1) is 13.8 Å². The second-order valence-electron chi connectivity index (χ2n) is 6.97. The van der Waals surface area contributed by atoms with Gasteiger partial charge in [0.1, 0.15) is 11.5 Å². The highest BCUT2D eigenvalue weighted by Crippen LogP contribution is 2.29. The Hall–Kier alpha value is -1.63. The number of rotatable bonds is 4. The second kappa shape index (κ2) is 7.94. The number of ether oxygens (including phenoxy) is 1. The number of hydrogen-bond donors (Lipinski definition) is 1. The van der Waals surface area contributed by atoms with Crippen LogP contribution in [0.4, 0.5) is 5.69 Å². The SMILES string of the molecule is Cc1oc(C)c(C(=O)Nc2ccccc2CN2CC(C)OC(C)C2)c1Br. The third kappa shape index (κ3) is 4.19. The summed E-state index contributed by atoms with van der Waals surface area (Å²) in [5, 5.41) is 3.05. The second-order valence-corrected chi connectivity index (χ2v) is 7.76. The van der Waals surface area contributed by atoms with Gasteiger partial charge in [-0.05, 0) is 55.3 Å². The number of benzene rings is 1. The van der Waals surface area contributed by atoms with Gasteiger partial charge in [0.2, 0.25) is 0 Å². The first kappa shape index (κ1) is 19.1. The number of carbonyl (C=O) groups is 1. The molecule has 2 atom stereocenters. The first-order valence-electron chi connectivity index (χ1n) is 8.87. The van der Waals surface area contributed by atoms with Crippen LogP contribution in [0.3, 0.4) is 0 Å². The number of aryl methyl sites for hydroxylation is 2. The van der Waals surface area contributed by atoms with Crippen molar-refractivity contribution in [3.63, 3.8) is 0 Å². The van der Waals surface area contributed by atoms with E-state index in [1.807, 2.05) is 25.1 Å². The fourth-order valence-electron chi connectivity index (χ4n) is 3.53. The predicted octanol–water partition coefficient (Wildman–Crippen LogP) is 4.52. The fraction of sp³-hybridized carbons (Fsp3) is 0.450. The van der Waals surface area contributed by atoms with Crippen LogP contribution in [0.25, 0.3) is 0 Å². The molecular formula is C20H25BrN2O3. The van der Waals surface area contributed by atoms with E-state index in [0.29, 0.717) is 21.6 Å². The van der Waals surface area contributed by atoms with Crippen molar-refractivity contribution in [2.24, 2.45) is 0 Å². The van der Waals surface area contributed by atoms with Crippen molar-refractivity contribution < 1.29 is 13.9 Å². The van der Waals surface area contributed by atoms with E-state index in [-0.39, 0.29) is 18.1 Å². The van der Waals surface area contributed by atoms with E-state index < -0.39 is 0 Å². The van der Waals surface area contributed by atoms with Gasteiger partial charge in [0, 0.05) is 25.3 Å². The summed E-state index contributed by atoms with van der Waals surface area (Å²) >= 11 is 3.45. The molecule has 1 saturated heterocycles. The Morgan fingerprint density at radius 1 is 1.19 bits per heavy atom. The number of nitrogens with zero attached hydrogens (tertiary/aromatic N) is 1. The van der Waals surface area contributed by atoms with Crippen molar-refractivity contribution >= 4 is 27.5 Å². The lowest BCUT2D eigenvalue weighted by molar-refractivity contribution is -0.0704. The van der Waals surface area contributed by atoms with E-state index in [1.54, 1.807) is 6.92 Å². The van der Waals surface area contributed by atoms with E-state index in [9.17, 15) is 4.79 Å². The molecule has 3 rings (SSSR count). The maximum atomic E-state index is 12.8. The molecule has 2 unspecified atom stereocenters. The van der Waals surface area contributed by atoms with Gasteiger partial charge in [0.15, 0.2) is 0 Å². The molecule has 1 N–H and O–H groups in total. The maximum absolute atomic E-state index is 12.8. The van der Waals surface area contributed by atoms with Gasteiger partial charge in [-0.25, -0.2) is 0 Å². The Kier molecular flexibility index (Phi) is 5.85. The molecule has 1 fully saturated rings. The van der Waals surface area contributed by atoms with E-state index in [4.69, 9.17) is 9.15 Å². The summed E-state index contributed by atoms with van der Waals surface area (Å²) in [4.78, 5) is 15.2. The number of anilines is 1. The molecule has 5 nitrogen and oxygen atoms in total. The number of para-hydroxylation sites is 1. The smallest absolute Gasteiger partial charge is 0.260 e. The number of morpholine rings is 1. The monoisotopic (exact) mass is 420 g/mol. The number of furan rings is 1. The largest absolute Gasteiger partial charge is 0.465 e. The summed E-state index contributed by atoms with van der Waals surface area (Å²) in [5.74, 6) is 1.15. The molecule has 1 aliphatic rings. The van der Waals surface area contributed by atoms with Gasteiger partial charge in [-0.15, -0.1) is 0 Å². The molecule has 0 saturated carbocycles. The molecule has 0 radical (unpaired) electrons. The molecule has 6 heteroatoms. The van der Waals surface area contributed by atoms with Crippen LogP contribution in [0.5, 0.6) is 0 Å². The summed E-state index contributed by atoms with van der Waals surface area (Å²) in [6.07, 6.45) is 0.432. The summed E-state index contributed by atoms with van der Waals surface area (Å²) in [5.41, 5.74) is 2.47. The summed E-state index contributed by atoms with van der Waals surface area (Å²) in [6, 6.07) is 7.94. The molecular weight excluding hydrogens is 396 g/mol. The summed E-state index contributed by atoms with van der Waals surface area (Å²) in [6.45, 7) is 10.4. The Balaban J connectivity index is 1.78. The first-order valence-corrected chi connectivity index (χ1v) is 9.67. The Morgan fingerprint density at radius 2 is 1.85 bits per heavy atom. The Labute approximate surface area is 162 Å². The van der Waals surface area contributed by atoms with Crippen molar-refractivity contribution in [1.82, 2.24) is 4.90 Å². The summed E-state index contributed by atoms with van der Waals surface area (Å²) in [7, 11) is 0. The van der Waals surface area contributed by atoms with Crippen molar-refractivity contribution in [3.05, 3.63) is 51.4 Å². The van der Waals surface area contributed by atoms with Gasteiger partial charge in [0.25, 0.3) is 5.91 Å². The highest BCUT2D eigenvalue weighted by atomic mass is 79.9. The average molecular weight is 421 g/mol. The zero-order valence-electron chi connectivity index (χ0n) is 15.6. The normalized spacial score (nSPS) is 21.0. The number of nitrogens with one attached hydrogen (secondary N) is 1. The standard InChI is InChI=1S/C20H25BrN2O3/c1-12-9-23(10-13(2)25-12)11-16-7-5-6-8-17(16)22-20(24)18-14(3)26-15(4)19(18)21/h5-8,12-13H,9-11H2,1-4H3,(H,22,24). The fourth-order valence-corrected chi connectivity index (χ4v) is 4.08. The minimum absolute atomic E-state index is 0.164. The molecule has 1 aromatic heterocycles. The van der Waals surface area contributed by atoms with Crippen LogP contribution in [0.2, 0.25) is 0 Å². The van der Waals surface area contributed by atoms with Gasteiger partial charge < -0.3 is 14.5 Å². The number of amides is 1. The Morgan fingerprint density at radius 3 is 2.46 bits per heavy atom. The van der Waals surface area contributed by atoms with E-state index in [1.165, 1.54) is 0 Å². The lowest BCUT2D eigenvalue weighted by atomic mass is 10.1. The highest BCUT2D eigenvalue weighted by Gasteiger charge is 2.24. The minimum atomic E-state index is -0.164. The molecule has 0 bridgehead atoms. The van der Waals surface area contributed by atoms with Gasteiger partial charge in [0.05, 0.1) is 22.2 Å². The molecule has 2 heterocycles. The molecule has 140 valence electrons. The maximum Gasteiger partial charge on any atom is 0.260 e. The predicted molar refractivity (Wildman–Crippen MR) is 106 cm³/mol. The van der Waals surface area contributed by atoms with Crippen molar-refractivity contribution in [1.29, 1.82) is 0 Å². The quantitative estimate of drug-likeness (QED) is 0.789. The molecule has 0 aliphatic carbocycles. The van der Waals surface area contributed by atoms with Crippen molar-refractivity contribution in [3.8, 4) is 0 Å². The minimum Gasteiger partial charge on any atom is -0.465 e. The molecule has 26 heavy (non-hydrogen) atoms. The van der Waals surface area contributed by atoms with Crippen LogP contribution < -0.4 is 5.32 Å². The molecule has 0 spiro atoms. The molecule has 1 amide bonds. The van der Waals surface area contributed by atoms with E-state index in [2.05, 4.69) is 46.1 Å². The van der Waals surface area contributed by atoms with Gasteiger partial charge in [-0.2, -0.15) is 0 Å². The lowest BCUT2D eigenvalue weighted by Crippen LogP contribution is -2.44. The molecule has 1 aromatic carbocycles. The zero-order chi connectivity index (χ0) is 18.8. The van der Waals surface area contributed by atoms with E-state index >= 15 is 0 Å². The van der Waals surface area contributed by atoms with Gasteiger partial charge in [-0.3, -0.25) is 9.69 Å². The van der Waals surface area contributed by atoms with Gasteiger partial charge >= 0.3 is 0 Å². The van der Waals surface area contributed by atoms with Crippen LogP contribution in [-0.4, -0.2) is 36.1 Å². The lowest BCUT2D eigenvalue weighted by Gasteiger charge is -2.35. The van der Waals surface area contributed by atoms with Crippen LogP contribution in [0.15, 0.2) is 33.2 Å². The van der Waals surface area contributed by atoms with Crippen LogP contribution in [-0.2, 0) is 11.3 Å². The number of hydrogen-bond acceptors (Lipinski definition) is 4. The Bertz CT molecular complexity index is 792.